The summed E-state index contributed by atoms with van der Waals surface area (Å²) in [5, 5.41) is 8.57. The second-order valence-electron chi connectivity index (χ2n) is 3.37. The van der Waals surface area contributed by atoms with E-state index in [1.54, 1.807) is 6.20 Å². The minimum absolute atomic E-state index is 0.183. The van der Waals surface area contributed by atoms with Gasteiger partial charge in [0.05, 0.1) is 5.71 Å². The zero-order valence-electron chi connectivity index (χ0n) is 7.68. The number of hydrogen-bond donors (Lipinski definition) is 1. The first-order valence-corrected chi connectivity index (χ1v) is 4.60. The smallest absolute Gasteiger partial charge is 0.303 e. The lowest BCUT2D eigenvalue weighted by Crippen LogP contribution is -2.11. The fraction of sp³-hybridized carbons (Fsp3) is 0.273. The summed E-state index contributed by atoms with van der Waals surface area (Å²) >= 11 is 0. The minimum atomic E-state index is -0.755. The third-order valence-electron chi connectivity index (χ3n) is 2.41. The van der Waals surface area contributed by atoms with Gasteiger partial charge in [0.25, 0.3) is 0 Å². The van der Waals surface area contributed by atoms with Crippen LogP contribution in [0.15, 0.2) is 41.1 Å². The summed E-state index contributed by atoms with van der Waals surface area (Å²) in [6, 6.07) is 0. The van der Waals surface area contributed by atoms with Crippen molar-refractivity contribution in [3.8, 4) is 0 Å². The SMILES string of the molecule is O=C(O)CCC1=CN=C2C=CC=CC12. The first-order chi connectivity index (χ1) is 6.77. The van der Waals surface area contributed by atoms with Crippen LogP contribution in [0.25, 0.3) is 0 Å². The molecule has 2 aliphatic rings. The Hall–Kier alpha value is -1.64. The zero-order valence-corrected chi connectivity index (χ0v) is 7.68. The van der Waals surface area contributed by atoms with Crippen molar-refractivity contribution in [2.45, 2.75) is 12.8 Å². The topological polar surface area (TPSA) is 49.7 Å². The minimum Gasteiger partial charge on any atom is -0.481 e. The highest BCUT2D eigenvalue weighted by molar-refractivity contribution is 6.03. The zero-order chi connectivity index (χ0) is 9.97. The van der Waals surface area contributed by atoms with E-state index < -0.39 is 5.97 Å². The number of hydrogen-bond acceptors (Lipinski definition) is 2. The van der Waals surface area contributed by atoms with E-state index in [2.05, 4.69) is 11.1 Å². The third kappa shape index (κ3) is 1.66. The Morgan fingerprint density at radius 3 is 3.14 bits per heavy atom. The monoisotopic (exact) mass is 189 g/mol. The molecule has 0 bridgehead atoms. The fourth-order valence-corrected chi connectivity index (χ4v) is 1.68. The molecular weight excluding hydrogens is 178 g/mol. The molecule has 1 N–H and O–H groups in total. The number of carboxylic acids is 1. The van der Waals surface area contributed by atoms with E-state index in [0.717, 1.165) is 11.3 Å². The van der Waals surface area contributed by atoms with Crippen LogP contribution in [0.5, 0.6) is 0 Å². The molecule has 1 aliphatic heterocycles. The van der Waals surface area contributed by atoms with Crippen LogP contribution in [0.1, 0.15) is 12.8 Å². The van der Waals surface area contributed by atoms with E-state index >= 15 is 0 Å². The molecule has 1 heterocycles. The Balaban J connectivity index is 2.01. The maximum Gasteiger partial charge on any atom is 0.303 e. The van der Waals surface area contributed by atoms with Crippen LogP contribution in [0.4, 0.5) is 0 Å². The largest absolute Gasteiger partial charge is 0.481 e. The van der Waals surface area contributed by atoms with E-state index in [1.807, 2.05) is 18.2 Å². The van der Waals surface area contributed by atoms with Gasteiger partial charge in [-0.2, -0.15) is 0 Å². The average molecular weight is 189 g/mol. The Morgan fingerprint density at radius 2 is 2.36 bits per heavy atom. The highest BCUT2D eigenvalue weighted by atomic mass is 16.4. The van der Waals surface area contributed by atoms with Gasteiger partial charge in [-0.05, 0) is 18.1 Å². The maximum absolute atomic E-state index is 10.4. The quantitative estimate of drug-likeness (QED) is 0.737. The van der Waals surface area contributed by atoms with E-state index in [9.17, 15) is 4.79 Å². The van der Waals surface area contributed by atoms with Crippen LogP contribution >= 0.6 is 0 Å². The van der Waals surface area contributed by atoms with Crippen molar-refractivity contribution < 1.29 is 9.90 Å². The Morgan fingerprint density at radius 1 is 1.50 bits per heavy atom. The van der Waals surface area contributed by atoms with Crippen molar-refractivity contribution in [3.05, 3.63) is 36.1 Å². The first kappa shape index (κ1) is 8.94. The molecule has 1 atom stereocenters. The molecule has 3 nitrogen and oxygen atoms in total. The number of aliphatic imine (C=N–C) groups is 1. The van der Waals surface area contributed by atoms with Crippen LogP contribution in [-0.4, -0.2) is 16.8 Å². The van der Waals surface area contributed by atoms with Gasteiger partial charge in [-0.25, -0.2) is 0 Å². The van der Waals surface area contributed by atoms with E-state index in [-0.39, 0.29) is 12.3 Å². The molecule has 0 saturated carbocycles. The van der Waals surface area contributed by atoms with Gasteiger partial charge < -0.3 is 5.11 Å². The predicted molar refractivity (Wildman–Crippen MR) is 54.2 cm³/mol. The molecule has 0 aromatic carbocycles. The van der Waals surface area contributed by atoms with Crippen LogP contribution in [-0.2, 0) is 4.79 Å². The lowest BCUT2D eigenvalue weighted by molar-refractivity contribution is -0.136. The van der Waals surface area contributed by atoms with Gasteiger partial charge in [0.1, 0.15) is 0 Å². The van der Waals surface area contributed by atoms with Gasteiger partial charge in [-0.15, -0.1) is 0 Å². The van der Waals surface area contributed by atoms with E-state index in [0.29, 0.717) is 6.42 Å². The number of carbonyl (C=O) groups is 1. The molecule has 1 unspecified atom stereocenters. The summed E-state index contributed by atoms with van der Waals surface area (Å²) in [4.78, 5) is 14.7. The molecular formula is C11H11NO2. The maximum atomic E-state index is 10.4. The number of fused-ring (bicyclic) bond motifs is 1. The predicted octanol–water partition coefficient (Wildman–Crippen LogP) is 1.93. The normalized spacial score (nSPS) is 23.0. The van der Waals surface area contributed by atoms with Crippen molar-refractivity contribution in [3.63, 3.8) is 0 Å². The van der Waals surface area contributed by atoms with Crippen molar-refractivity contribution in [1.29, 1.82) is 0 Å². The number of allylic oxidation sites excluding steroid dienone is 5. The van der Waals surface area contributed by atoms with Gasteiger partial charge in [0.2, 0.25) is 0 Å². The van der Waals surface area contributed by atoms with Crippen molar-refractivity contribution in [2.24, 2.45) is 10.9 Å². The Labute approximate surface area is 82.2 Å². The van der Waals surface area contributed by atoms with Gasteiger partial charge >= 0.3 is 5.97 Å². The van der Waals surface area contributed by atoms with Crippen molar-refractivity contribution >= 4 is 11.7 Å². The van der Waals surface area contributed by atoms with Crippen LogP contribution in [0, 0.1) is 5.92 Å². The molecule has 0 radical (unpaired) electrons. The van der Waals surface area contributed by atoms with Gasteiger partial charge in [-0.1, -0.05) is 18.2 Å². The molecule has 72 valence electrons. The second kappa shape index (κ2) is 3.62. The second-order valence-corrected chi connectivity index (χ2v) is 3.37. The van der Waals surface area contributed by atoms with E-state index in [4.69, 9.17) is 5.11 Å². The lowest BCUT2D eigenvalue weighted by atomic mass is 9.90. The Kier molecular flexibility index (Phi) is 2.31. The summed E-state index contributed by atoms with van der Waals surface area (Å²) in [5.41, 5.74) is 2.12. The van der Waals surface area contributed by atoms with Crippen molar-refractivity contribution in [2.75, 3.05) is 0 Å². The molecule has 0 amide bonds. The van der Waals surface area contributed by atoms with Crippen LogP contribution < -0.4 is 0 Å². The third-order valence-corrected chi connectivity index (χ3v) is 2.41. The molecule has 0 saturated heterocycles. The van der Waals surface area contributed by atoms with Gasteiger partial charge in [-0.3, -0.25) is 9.79 Å². The summed E-state index contributed by atoms with van der Waals surface area (Å²) in [6.07, 6.45) is 10.5. The summed E-state index contributed by atoms with van der Waals surface area (Å²) in [7, 11) is 0. The molecule has 3 heteroatoms. The molecule has 2 rings (SSSR count). The Bertz CT molecular complexity index is 375. The van der Waals surface area contributed by atoms with Gasteiger partial charge in [0.15, 0.2) is 0 Å². The standard InChI is InChI=1S/C11H11NO2/c13-11(14)6-5-8-7-12-10-4-2-1-3-9(8)10/h1-4,7,9H,5-6H2,(H,13,14). The number of nitrogens with zero attached hydrogens (tertiary/aromatic N) is 1. The average Bonchev–Trinajstić information content (AvgIpc) is 2.58. The molecule has 0 aromatic rings. The summed E-state index contributed by atoms with van der Waals surface area (Å²) in [6.45, 7) is 0. The van der Waals surface area contributed by atoms with Crippen LogP contribution in [0.2, 0.25) is 0 Å². The number of aliphatic carboxylic acids is 1. The van der Waals surface area contributed by atoms with Gasteiger partial charge in [0, 0.05) is 18.5 Å². The highest BCUT2D eigenvalue weighted by Crippen LogP contribution is 2.27. The summed E-state index contributed by atoms with van der Waals surface area (Å²) in [5.74, 6) is -0.533. The van der Waals surface area contributed by atoms with Crippen LogP contribution in [0.3, 0.4) is 0 Å². The van der Waals surface area contributed by atoms with Crippen molar-refractivity contribution in [1.82, 2.24) is 0 Å². The fourth-order valence-electron chi connectivity index (χ4n) is 1.68. The first-order valence-electron chi connectivity index (χ1n) is 4.60. The lowest BCUT2D eigenvalue weighted by Gasteiger charge is -2.12. The molecule has 0 aromatic heterocycles. The summed E-state index contributed by atoms with van der Waals surface area (Å²) < 4.78 is 0. The molecule has 1 aliphatic carbocycles. The number of carboxylic acid groups (broad SMARTS) is 1. The molecule has 14 heavy (non-hydrogen) atoms. The molecule has 0 fully saturated rings. The highest BCUT2D eigenvalue weighted by Gasteiger charge is 2.22. The number of rotatable bonds is 3. The van der Waals surface area contributed by atoms with E-state index in [1.165, 1.54) is 0 Å². The molecule has 0 spiro atoms.